The van der Waals surface area contributed by atoms with E-state index in [9.17, 15) is 9.59 Å². The molecule has 0 bridgehead atoms. The summed E-state index contributed by atoms with van der Waals surface area (Å²) in [6.45, 7) is 8.11. The van der Waals surface area contributed by atoms with Crippen molar-refractivity contribution in [3.05, 3.63) is 74.7 Å². The fraction of sp³-hybridized carbons (Fsp3) is 0.286. The van der Waals surface area contributed by atoms with Crippen molar-refractivity contribution in [3.8, 4) is 0 Å². The van der Waals surface area contributed by atoms with Crippen molar-refractivity contribution in [1.82, 2.24) is 14.9 Å². The Hall–Kier alpha value is -2.95. The Labute approximate surface area is 152 Å². The molecule has 134 valence electrons. The number of carbonyl (C=O) groups excluding carboxylic acids is 1. The molecule has 0 spiro atoms. The minimum Gasteiger partial charge on any atom is -0.350 e. The molecule has 3 rings (SSSR count). The standard InChI is InChI=1S/C21H23N3O2/c1-13-6-5-7-17(8-13)11-22-20(25)12-24-19-10-15(3)14(2)9-18(19)23-16(4)21(24)26/h5-10H,11-12H2,1-4H3,(H,22,25). The van der Waals surface area contributed by atoms with E-state index in [0.717, 1.165) is 27.8 Å². The van der Waals surface area contributed by atoms with Crippen LogP contribution >= 0.6 is 0 Å². The van der Waals surface area contributed by atoms with E-state index < -0.39 is 0 Å². The van der Waals surface area contributed by atoms with Crippen molar-refractivity contribution in [1.29, 1.82) is 0 Å². The molecule has 0 aliphatic rings. The quantitative estimate of drug-likeness (QED) is 0.788. The van der Waals surface area contributed by atoms with Crippen molar-refractivity contribution < 1.29 is 4.79 Å². The van der Waals surface area contributed by atoms with E-state index >= 15 is 0 Å². The fourth-order valence-corrected chi connectivity index (χ4v) is 3.00. The van der Waals surface area contributed by atoms with Gasteiger partial charge in [0.05, 0.1) is 11.0 Å². The van der Waals surface area contributed by atoms with Crippen molar-refractivity contribution in [3.63, 3.8) is 0 Å². The second kappa shape index (κ2) is 7.12. The van der Waals surface area contributed by atoms with Crippen LogP contribution in [0.3, 0.4) is 0 Å². The van der Waals surface area contributed by atoms with Gasteiger partial charge >= 0.3 is 0 Å². The maximum Gasteiger partial charge on any atom is 0.272 e. The third-order valence-corrected chi connectivity index (χ3v) is 4.60. The van der Waals surface area contributed by atoms with Crippen LogP contribution in [0.25, 0.3) is 11.0 Å². The molecule has 0 atom stereocenters. The normalized spacial score (nSPS) is 10.9. The number of amides is 1. The monoisotopic (exact) mass is 349 g/mol. The van der Waals surface area contributed by atoms with Gasteiger partial charge in [0.2, 0.25) is 5.91 Å². The van der Waals surface area contributed by atoms with Crippen molar-refractivity contribution in [2.75, 3.05) is 0 Å². The van der Waals surface area contributed by atoms with Crippen LogP contribution in [0.4, 0.5) is 0 Å². The van der Waals surface area contributed by atoms with Gasteiger partial charge in [-0.25, -0.2) is 4.98 Å². The molecular weight excluding hydrogens is 326 g/mol. The first-order valence-corrected chi connectivity index (χ1v) is 8.66. The van der Waals surface area contributed by atoms with Crippen LogP contribution in [-0.4, -0.2) is 15.5 Å². The Morgan fingerprint density at radius 1 is 1.08 bits per heavy atom. The van der Waals surface area contributed by atoms with Crippen LogP contribution < -0.4 is 10.9 Å². The van der Waals surface area contributed by atoms with Crippen LogP contribution in [0, 0.1) is 27.7 Å². The van der Waals surface area contributed by atoms with Crippen LogP contribution in [0.2, 0.25) is 0 Å². The predicted molar refractivity (Wildman–Crippen MR) is 103 cm³/mol. The molecule has 2 aromatic carbocycles. The number of hydrogen-bond acceptors (Lipinski definition) is 3. The lowest BCUT2D eigenvalue weighted by Crippen LogP contribution is -2.33. The largest absolute Gasteiger partial charge is 0.350 e. The number of hydrogen-bond donors (Lipinski definition) is 1. The highest BCUT2D eigenvalue weighted by molar-refractivity contribution is 5.81. The first kappa shape index (κ1) is 17.9. The number of benzene rings is 2. The van der Waals surface area contributed by atoms with Crippen molar-refractivity contribution >= 4 is 16.9 Å². The summed E-state index contributed by atoms with van der Waals surface area (Å²) in [5, 5.41) is 2.89. The van der Waals surface area contributed by atoms with Gasteiger partial charge in [0.1, 0.15) is 12.2 Å². The summed E-state index contributed by atoms with van der Waals surface area (Å²) in [5.41, 5.74) is 5.95. The first-order valence-electron chi connectivity index (χ1n) is 8.66. The molecule has 1 aromatic heterocycles. The molecule has 0 radical (unpaired) electrons. The molecule has 0 aliphatic carbocycles. The molecule has 0 saturated heterocycles. The van der Waals surface area contributed by atoms with Gasteiger partial charge in [-0.05, 0) is 56.5 Å². The molecule has 5 nitrogen and oxygen atoms in total. The van der Waals surface area contributed by atoms with Crippen LogP contribution in [0.5, 0.6) is 0 Å². The average molecular weight is 349 g/mol. The minimum absolute atomic E-state index is 0.0208. The summed E-state index contributed by atoms with van der Waals surface area (Å²) in [6.07, 6.45) is 0. The lowest BCUT2D eigenvalue weighted by molar-refractivity contribution is -0.121. The number of aromatic nitrogens is 2. The van der Waals surface area contributed by atoms with Gasteiger partial charge in [-0.1, -0.05) is 29.8 Å². The molecular formula is C21H23N3O2. The molecule has 1 heterocycles. The average Bonchev–Trinajstić information content (AvgIpc) is 2.59. The molecule has 3 aromatic rings. The highest BCUT2D eigenvalue weighted by atomic mass is 16.2. The second-order valence-corrected chi connectivity index (χ2v) is 6.78. The molecule has 0 aliphatic heterocycles. The fourth-order valence-electron chi connectivity index (χ4n) is 3.00. The van der Waals surface area contributed by atoms with E-state index in [1.54, 1.807) is 6.92 Å². The van der Waals surface area contributed by atoms with Gasteiger partial charge in [-0.3, -0.25) is 14.2 Å². The van der Waals surface area contributed by atoms with Crippen LogP contribution in [0.15, 0.2) is 41.2 Å². The lowest BCUT2D eigenvalue weighted by Gasteiger charge is -2.13. The lowest BCUT2D eigenvalue weighted by atomic mass is 10.1. The van der Waals surface area contributed by atoms with Crippen LogP contribution in [-0.2, 0) is 17.9 Å². The third-order valence-electron chi connectivity index (χ3n) is 4.60. The molecule has 0 unspecified atom stereocenters. The smallest absolute Gasteiger partial charge is 0.272 e. The highest BCUT2D eigenvalue weighted by Gasteiger charge is 2.12. The summed E-state index contributed by atoms with van der Waals surface area (Å²) in [6, 6.07) is 11.9. The van der Waals surface area contributed by atoms with Crippen molar-refractivity contribution in [2.24, 2.45) is 0 Å². The maximum absolute atomic E-state index is 12.6. The first-order chi connectivity index (χ1) is 12.3. The zero-order valence-corrected chi connectivity index (χ0v) is 15.6. The SMILES string of the molecule is Cc1cccc(CNC(=O)Cn2c(=O)c(C)nc3cc(C)c(C)cc32)c1. The van der Waals surface area contributed by atoms with E-state index in [1.165, 1.54) is 4.57 Å². The molecule has 26 heavy (non-hydrogen) atoms. The van der Waals surface area contributed by atoms with Gasteiger partial charge in [-0.2, -0.15) is 0 Å². The molecule has 1 N–H and O–H groups in total. The Morgan fingerprint density at radius 2 is 1.81 bits per heavy atom. The van der Waals surface area contributed by atoms with Gasteiger partial charge in [0.15, 0.2) is 0 Å². The summed E-state index contributed by atoms with van der Waals surface area (Å²) in [7, 11) is 0. The third kappa shape index (κ3) is 3.67. The molecule has 5 heteroatoms. The van der Waals surface area contributed by atoms with Gasteiger partial charge in [0.25, 0.3) is 5.56 Å². The van der Waals surface area contributed by atoms with Crippen molar-refractivity contribution in [2.45, 2.75) is 40.8 Å². The maximum atomic E-state index is 12.6. The highest BCUT2D eigenvalue weighted by Crippen LogP contribution is 2.17. The summed E-state index contributed by atoms with van der Waals surface area (Å²) in [5.74, 6) is -0.196. The van der Waals surface area contributed by atoms with Gasteiger partial charge in [-0.15, -0.1) is 0 Å². The topological polar surface area (TPSA) is 64.0 Å². The Bertz CT molecular complexity index is 1050. The van der Waals surface area contributed by atoms with E-state index in [4.69, 9.17) is 0 Å². The number of nitrogens with zero attached hydrogens (tertiary/aromatic N) is 2. The minimum atomic E-state index is -0.230. The van der Waals surface area contributed by atoms with Gasteiger partial charge < -0.3 is 5.32 Å². The Balaban J connectivity index is 1.87. The number of carbonyl (C=O) groups is 1. The summed E-state index contributed by atoms with van der Waals surface area (Å²) in [4.78, 5) is 29.4. The molecule has 0 saturated carbocycles. The number of rotatable bonds is 4. The zero-order valence-electron chi connectivity index (χ0n) is 15.6. The number of fused-ring (bicyclic) bond motifs is 1. The van der Waals surface area contributed by atoms with Gasteiger partial charge in [0, 0.05) is 6.54 Å². The number of aryl methyl sites for hydroxylation is 4. The summed E-state index contributed by atoms with van der Waals surface area (Å²) >= 11 is 0. The molecule has 1 amide bonds. The molecule has 0 fully saturated rings. The Morgan fingerprint density at radius 3 is 2.54 bits per heavy atom. The second-order valence-electron chi connectivity index (χ2n) is 6.78. The van der Waals surface area contributed by atoms with E-state index in [-0.39, 0.29) is 18.0 Å². The summed E-state index contributed by atoms with van der Waals surface area (Å²) < 4.78 is 1.51. The van der Waals surface area contributed by atoms with E-state index in [0.29, 0.717) is 17.8 Å². The predicted octanol–water partition coefficient (Wildman–Crippen LogP) is 2.95. The zero-order chi connectivity index (χ0) is 18.8. The Kier molecular flexibility index (Phi) is 4.89. The van der Waals surface area contributed by atoms with Crippen LogP contribution in [0.1, 0.15) is 27.9 Å². The number of nitrogens with one attached hydrogen (secondary N) is 1. The van der Waals surface area contributed by atoms with E-state index in [1.807, 2.05) is 57.2 Å². The van der Waals surface area contributed by atoms with E-state index in [2.05, 4.69) is 10.3 Å².